The quantitative estimate of drug-likeness (QED) is 0.834. The average molecular weight is 285 g/mol. The molecule has 0 aromatic heterocycles. The third-order valence-electron chi connectivity index (χ3n) is 3.62. The first-order chi connectivity index (χ1) is 8.45. The van der Waals surface area contributed by atoms with Crippen LogP contribution in [0.2, 0.25) is 5.02 Å². The maximum atomic E-state index is 10.2. The minimum atomic E-state index is -1.10. The molecule has 0 bridgehead atoms. The number of rotatable bonds is 4. The van der Waals surface area contributed by atoms with Crippen molar-refractivity contribution < 1.29 is 14.8 Å². The van der Waals surface area contributed by atoms with Crippen molar-refractivity contribution in [3.05, 3.63) is 28.3 Å². The van der Waals surface area contributed by atoms with Crippen LogP contribution < -0.4 is 5.46 Å². The molecule has 0 aliphatic carbocycles. The van der Waals surface area contributed by atoms with Gasteiger partial charge in [0.05, 0.1) is 11.2 Å². The molecule has 0 fully saturated rings. The summed E-state index contributed by atoms with van der Waals surface area (Å²) in [4.78, 5) is 0. The molecule has 19 heavy (non-hydrogen) atoms. The largest absolute Gasteiger partial charge is 0.491 e. The van der Waals surface area contributed by atoms with Crippen LogP contribution in [0.5, 0.6) is 0 Å². The van der Waals surface area contributed by atoms with Crippen LogP contribution in [0.4, 0.5) is 0 Å². The van der Waals surface area contributed by atoms with E-state index in [1.807, 2.05) is 13.8 Å². The smallest absolute Gasteiger partial charge is 0.423 e. The van der Waals surface area contributed by atoms with Gasteiger partial charge in [0.1, 0.15) is 0 Å². The zero-order valence-corrected chi connectivity index (χ0v) is 13.2. The molecule has 106 valence electrons. The van der Waals surface area contributed by atoms with Crippen LogP contribution in [0.1, 0.15) is 38.8 Å². The molecular formula is C14H22BClO3. The summed E-state index contributed by atoms with van der Waals surface area (Å²) in [5.41, 5.74) is 0.468. The van der Waals surface area contributed by atoms with Gasteiger partial charge in [-0.2, -0.15) is 0 Å². The molecule has 0 radical (unpaired) electrons. The van der Waals surface area contributed by atoms with E-state index in [9.17, 15) is 10.1 Å². The molecule has 0 heterocycles. The molecule has 0 unspecified atom stereocenters. The topological polar surface area (TPSA) is 49.7 Å². The Morgan fingerprint density at radius 3 is 1.89 bits per heavy atom. The third kappa shape index (κ3) is 3.73. The van der Waals surface area contributed by atoms with E-state index in [0.29, 0.717) is 10.5 Å². The lowest BCUT2D eigenvalue weighted by atomic mass is 9.75. The fourth-order valence-corrected chi connectivity index (χ4v) is 1.72. The van der Waals surface area contributed by atoms with Crippen LogP contribution in [-0.2, 0) is 4.65 Å². The first-order valence-electron chi connectivity index (χ1n) is 6.30. The second kappa shape index (κ2) is 5.45. The summed E-state index contributed by atoms with van der Waals surface area (Å²) in [6, 6.07) is 3.58. The van der Waals surface area contributed by atoms with E-state index in [1.165, 1.54) is 0 Å². The molecule has 3 nitrogen and oxygen atoms in total. The van der Waals surface area contributed by atoms with Crippen molar-refractivity contribution in [1.82, 2.24) is 0 Å². The van der Waals surface area contributed by atoms with Gasteiger partial charge >= 0.3 is 7.12 Å². The Morgan fingerprint density at radius 1 is 1.11 bits per heavy atom. The lowest BCUT2D eigenvalue weighted by Gasteiger charge is -2.38. The Balaban J connectivity index is 3.00. The van der Waals surface area contributed by atoms with E-state index < -0.39 is 18.3 Å². The fourth-order valence-electron chi connectivity index (χ4n) is 1.61. The number of aliphatic hydroxyl groups is 1. The first-order valence-corrected chi connectivity index (χ1v) is 6.68. The summed E-state index contributed by atoms with van der Waals surface area (Å²) in [6.07, 6.45) is 0. The highest BCUT2D eigenvalue weighted by Crippen LogP contribution is 2.26. The number of hydrogen-bond acceptors (Lipinski definition) is 3. The number of hydrogen-bond donors (Lipinski definition) is 2. The number of halogens is 1. The molecule has 0 atom stereocenters. The van der Waals surface area contributed by atoms with Crippen LogP contribution >= 0.6 is 11.6 Å². The van der Waals surface area contributed by atoms with E-state index in [1.54, 1.807) is 39.8 Å². The lowest BCUT2D eigenvalue weighted by molar-refractivity contribution is -0.0982. The molecule has 0 saturated carbocycles. The molecule has 0 spiro atoms. The normalized spacial score (nSPS) is 12.7. The molecule has 0 amide bonds. The highest BCUT2D eigenvalue weighted by atomic mass is 35.5. The molecule has 1 aromatic rings. The van der Waals surface area contributed by atoms with Gasteiger partial charge in [-0.25, -0.2) is 0 Å². The Kier molecular flexibility index (Phi) is 4.73. The fraction of sp³-hybridized carbons (Fsp3) is 0.571. The molecule has 1 aromatic carbocycles. The maximum Gasteiger partial charge on any atom is 0.491 e. The van der Waals surface area contributed by atoms with Crippen molar-refractivity contribution in [3.63, 3.8) is 0 Å². The molecule has 0 aliphatic heterocycles. The Morgan fingerprint density at radius 2 is 1.53 bits per heavy atom. The van der Waals surface area contributed by atoms with E-state index in [-0.39, 0.29) is 0 Å². The predicted molar refractivity (Wildman–Crippen MR) is 80.0 cm³/mol. The SMILES string of the molecule is Cc1cc(B(O)OC(C)(C)C(C)(C)O)cc(C)c1Cl. The van der Waals surface area contributed by atoms with Crippen molar-refractivity contribution in [2.24, 2.45) is 0 Å². The van der Waals surface area contributed by atoms with Crippen LogP contribution in [0.15, 0.2) is 12.1 Å². The second-order valence-corrected chi connectivity index (χ2v) is 6.39. The van der Waals surface area contributed by atoms with Crippen molar-refractivity contribution in [2.75, 3.05) is 0 Å². The second-order valence-electron chi connectivity index (χ2n) is 6.01. The zero-order chi connectivity index (χ0) is 15.0. The predicted octanol–water partition coefficient (Wildman–Crippen LogP) is 2.21. The van der Waals surface area contributed by atoms with E-state index in [0.717, 1.165) is 11.1 Å². The van der Waals surface area contributed by atoms with Crippen molar-refractivity contribution in [2.45, 2.75) is 52.7 Å². The summed E-state index contributed by atoms with van der Waals surface area (Å²) in [5, 5.41) is 20.9. The maximum absolute atomic E-state index is 10.2. The Bertz CT molecular complexity index is 443. The first kappa shape index (κ1) is 16.5. The van der Waals surface area contributed by atoms with Gasteiger partial charge in [-0.1, -0.05) is 23.7 Å². The third-order valence-corrected chi connectivity index (χ3v) is 4.22. The zero-order valence-electron chi connectivity index (χ0n) is 12.4. The number of benzene rings is 1. The van der Waals surface area contributed by atoms with Crippen LogP contribution in [0.3, 0.4) is 0 Å². The van der Waals surface area contributed by atoms with Crippen LogP contribution in [0.25, 0.3) is 0 Å². The summed E-state index contributed by atoms with van der Waals surface area (Å²) in [6.45, 7) is 10.5. The van der Waals surface area contributed by atoms with E-state index in [2.05, 4.69) is 0 Å². The van der Waals surface area contributed by atoms with Crippen LogP contribution in [0, 0.1) is 13.8 Å². The standard InChI is InChI=1S/C14H22BClO3/c1-9-7-11(8-10(2)12(9)16)15(18)19-14(5,6)13(3,4)17/h7-8,17-18H,1-6H3. The van der Waals surface area contributed by atoms with Gasteiger partial charge in [0.15, 0.2) is 0 Å². The lowest BCUT2D eigenvalue weighted by Crippen LogP contribution is -2.53. The summed E-state index contributed by atoms with van der Waals surface area (Å²) < 4.78 is 5.60. The summed E-state index contributed by atoms with van der Waals surface area (Å²) in [5.74, 6) is 0. The molecule has 0 aliphatic rings. The van der Waals surface area contributed by atoms with Gasteiger partial charge in [0.25, 0.3) is 0 Å². The summed E-state index contributed by atoms with van der Waals surface area (Å²) >= 11 is 6.10. The highest BCUT2D eigenvalue weighted by molar-refractivity contribution is 6.60. The van der Waals surface area contributed by atoms with Crippen molar-refractivity contribution >= 4 is 24.2 Å². The minimum absolute atomic E-state index is 0.636. The highest BCUT2D eigenvalue weighted by Gasteiger charge is 2.39. The molecule has 5 heteroatoms. The van der Waals surface area contributed by atoms with E-state index >= 15 is 0 Å². The Labute approximate surface area is 120 Å². The van der Waals surface area contributed by atoms with Gasteiger partial charge in [-0.05, 0) is 58.1 Å². The van der Waals surface area contributed by atoms with E-state index in [4.69, 9.17) is 16.3 Å². The Hall–Kier alpha value is -0.545. The molecular weight excluding hydrogens is 262 g/mol. The molecule has 0 saturated heterocycles. The van der Waals surface area contributed by atoms with Gasteiger partial charge in [-0.3, -0.25) is 0 Å². The van der Waals surface area contributed by atoms with Gasteiger partial charge in [0, 0.05) is 5.02 Å². The summed E-state index contributed by atoms with van der Waals surface area (Å²) in [7, 11) is -1.10. The van der Waals surface area contributed by atoms with Crippen molar-refractivity contribution in [3.8, 4) is 0 Å². The van der Waals surface area contributed by atoms with Gasteiger partial charge in [0.2, 0.25) is 0 Å². The minimum Gasteiger partial charge on any atom is -0.423 e. The molecule has 1 rings (SSSR count). The average Bonchev–Trinajstić information content (AvgIpc) is 2.22. The van der Waals surface area contributed by atoms with Crippen molar-refractivity contribution in [1.29, 1.82) is 0 Å². The molecule has 2 N–H and O–H groups in total. The number of aryl methyl sites for hydroxylation is 2. The monoisotopic (exact) mass is 284 g/mol. The van der Waals surface area contributed by atoms with Crippen LogP contribution in [-0.4, -0.2) is 28.5 Å². The van der Waals surface area contributed by atoms with Gasteiger partial charge < -0.3 is 14.8 Å². The van der Waals surface area contributed by atoms with Gasteiger partial charge in [-0.15, -0.1) is 0 Å².